The Morgan fingerprint density at radius 3 is 3.05 bits per heavy atom. The number of fused-ring (bicyclic) bond motifs is 1. The van der Waals surface area contributed by atoms with Crippen molar-refractivity contribution < 1.29 is 9.53 Å². The lowest BCUT2D eigenvalue weighted by atomic mass is 10.0. The molecule has 2 aromatic rings. The van der Waals surface area contributed by atoms with Crippen LogP contribution in [0.15, 0.2) is 34.9 Å². The van der Waals surface area contributed by atoms with Crippen molar-refractivity contribution >= 4 is 32.6 Å². The molecule has 3 rings (SSSR count). The normalized spacial score (nSPS) is 20.3. The van der Waals surface area contributed by atoms with Crippen LogP contribution in [-0.2, 0) is 4.79 Å². The number of Topliss-reactive ketones (excluding diaryl/α,β-unsaturated/α-hetero) is 1. The van der Waals surface area contributed by atoms with Crippen LogP contribution in [0.3, 0.4) is 0 Å². The van der Waals surface area contributed by atoms with Crippen LogP contribution in [0.2, 0.25) is 0 Å². The minimum absolute atomic E-state index is 0.0409. The molecule has 104 valence electrons. The smallest absolute Gasteiger partial charge is 0.133 e. The third-order valence-corrected chi connectivity index (χ3v) is 4.37. The van der Waals surface area contributed by atoms with Crippen LogP contribution in [-0.4, -0.2) is 16.9 Å². The number of ketones is 1. The molecule has 4 heteroatoms. The largest absolute Gasteiger partial charge is 0.490 e. The monoisotopic (exact) mass is 333 g/mol. The quantitative estimate of drug-likeness (QED) is 0.847. The molecule has 1 aliphatic carbocycles. The number of hydrogen-bond acceptors (Lipinski definition) is 3. The van der Waals surface area contributed by atoms with Crippen LogP contribution < -0.4 is 4.74 Å². The number of carbonyl (C=O) groups is 1. The maximum Gasteiger partial charge on any atom is 0.133 e. The van der Waals surface area contributed by atoms with Crippen molar-refractivity contribution in [1.29, 1.82) is 0 Å². The van der Waals surface area contributed by atoms with Gasteiger partial charge in [-0.1, -0.05) is 15.9 Å². The summed E-state index contributed by atoms with van der Waals surface area (Å²) in [5.41, 5.74) is 0.909. The van der Waals surface area contributed by atoms with E-state index in [2.05, 4.69) is 20.9 Å². The van der Waals surface area contributed by atoms with Gasteiger partial charge >= 0.3 is 0 Å². The topological polar surface area (TPSA) is 39.2 Å². The lowest BCUT2D eigenvalue weighted by molar-refractivity contribution is -0.117. The van der Waals surface area contributed by atoms with E-state index in [-0.39, 0.29) is 6.10 Å². The molecule has 1 heterocycles. The molecule has 1 saturated carbocycles. The summed E-state index contributed by atoms with van der Waals surface area (Å²) in [5.74, 6) is 1.51. The van der Waals surface area contributed by atoms with Gasteiger partial charge in [0.05, 0.1) is 11.6 Å². The highest BCUT2D eigenvalue weighted by molar-refractivity contribution is 9.10. The fraction of sp³-hybridized carbons (Fsp3) is 0.375. The Labute approximate surface area is 126 Å². The zero-order chi connectivity index (χ0) is 14.1. The standard InChI is InChI=1S/C16H16BrNO2/c1-10(11-4-5-13(19)7-11)20-16-9-12(17)8-15-14(16)3-2-6-18-15/h2-3,6,8-11H,4-5,7H2,1H3/t10-,11+/m1/s1. The van der Waals surface area contributed by atoms with Gasteiger partial charge in [-0.05, 0) is 37.6 Å². The zero-order valence-corrected chi connectivity index (χ0v) is 12.9. The molecule has 20 heavy (non-hydrogen) atoms. The molecule has 0 N–H and O–H groups in total. The molecule has 0 spiro atoms. The van der Waals surface area contributed by atoms with Crippen LogP contribution >= 0.6 is 15.9 Å². The molecule has 1 aromatic heterocycles. The number of nitrogens with zero attached hydrogens (tertiary/aromatic N) is 1. The van der Waals surface area contributed by atoms with Crippen molar-refractivity contribution in [2.75, 3.05) is 0 Å². The molecule has 1 aromatic carbocycles. The molecule has 0 aliphatic heterocycles. The zero-order valence-electron chi connectivity index (χ0n) is 11.3. The molecule has 0 amide bonds. The van der Waals surface area contributed by atoms with Gasteiger partial charge in [0.1, 0.15) is 11.5 Å². The van der Waals surface area contributed by atoms with Gasteiger partial charge in [0.15, 0.2) is 0 Å². The molecular formula is C16H16BrNO2. The van der Waals surface area contributed by atoms with Crippen molar-refractivity contribution in [3.05, 3.63) is 34.9 Å². The summed E-state index contributed by atoms with van der Waals surface area (Å²) in [6.07, 6.45) is 4.09. The van der Waals surface area contributed by atoms with Crippen LogP contribution in [0.4, 0.5) is 0 Å². The Kier molecular flexibility index (Phi) is 3.74. The van der Waals surface area contributed by atoms with E-state index in [0.29, 0.717) is 24.5 Å². The molecule has 0 bridgehead atoms. The number of ether oxygens (including phenoxy) is 1. The molecule has 3 nitrogen and oxygen atoms in total. The average Bonchev–Trinajstić information content (AvgIpc) is 2.85. The van der Waals surface area contributed by atoms with Crippen molar-refractivity contribution in [2.45, 2.75) is 32.3 Å². The number of hydrogen-bond donors (Lipinski definition) is 0. The SMILES string of the molecule is C[C@@H](Oc1cc(Br)cc2ncccc12)[C@H]1CCC(=O)C1. The van der Waals surface area contributed by atoms with Crippen molar-refractivity contribution in [2.24, 2.45) is 5.92 Å². The van der Waals surface area contributed by atoms with Crippen molar-refractivity contribution in [1.82, 2.24) is 4.98 Å². The van der Waals surface area contributed by atoms with E-state index in [1.165, 1.54) is 0 Å². The van der Waals surface area contributed by atoms with Gasteiger partial charge < -0.3 is 4.74 Å². The molecular weight excluding hydrogens is 318 g/mol. The van der Waals surface area contributed by atoms with Crippen LogP contribution in [0.5, 0.6) is 5.75 Å². The van der Waals surface area contributed by atoms with E-state index in [1.807, 2.05) is 31.2 Å². The second-order valence-electron chi connectivity index (χ2n) is 5.34. The highest BCUT2D eigenvalue weighted by Crippen LogP contribution is 2.33. The number of benzene rings is 1. The molecule has 2 atom stereocenters. The van der Waals surface area contributed by atoms with E-state index < -0.39 is 0 Å². The van der Waals surface area contributed by atoms with Crippen LogP contribution in [0.25, 0.3) is 10.9 Å². The Bertz CT molecular complexity index is 656. The van der Waals surface area contributed by atoms with E-state index in [0.717, 1.165) is 27.5 Å². The van der Waals surface area contributed by atoms with Crippen LogP contribution in [0, 0.1) is 5.92 Å². The minimum atomic E-state index is 0.0409. The predicted octanol–water partition coefficient (Wildman–Crippen LogP) is 4.13. The minimum Gasteiger partial charge on any atom is -0.490 e. The number of carbonyl (C=O) groups excluding carboxylic acids is 1. The van der Waals surface area contributed by atoms with Gasteiger partial charge in [0.2, 0.25) is 0 Å². The number of halogens is 1. The van der Waals surface area contributed by atoms with Crippen molar-refractivity contribution in [3.63, 3.8) is 0 Å². The maximum atomic E-state index is 11.4. The molecule has 1 aliphatic rings. The summed E-state index contributed by atoms with van der Waals surface area (Å²) in [6, 6.07) is 7.87. The lowest BCUT2D eigenvalue weighted by Crippen LogP contribution is -2.21. The number of aromatic nitrogens is 1. The summed E-state index contributed by atoms with van der Waals surface area (Å²) < 4.78 is 7.07. The second-order valence-corrected chi connectivity index (χ2v) is 6.25. The fourth-order valence-corrected chi connectivity index (χ4v) is 3.18. The van der Waals surface area contributed by atoms with Gasteiger partial charge in [0.25, 0.3) is 0 Å². The summed E-state index contributed by atoms with van der Waals surface area (Å²) in [4.78, 5) is 15.8. The first-order chi connectivity index (χ1) is 9.63. The van der Waals surface area contributed by atoms with E-state index >= 15 is 0 Å². The summed E-state index contributed by atoms with van der Waals surface area (Å²) in [5, 5.41) is 1.01. The lowest BCUT2D eigenvalue weighted by Gasteiger charge is -2.21. The Hall–Kier alpha value is -1.42. The summed E-state index contributed by atoms with van der Waals surface area (Å²) in [6.45, 7) is 2.05. The first kappa shape index (κ1) is 13.6. The van der Waals surface area contributed by atoms with Gasteiger partial charge in [-0.15, -0.1) is 0 Å². The average molecular weight is 334 g/mol. The summed E-state index contributed by atoms with van der Waals surface area (Å²) in [7, 11) is 0. The molecule has 0 saturated heterocycles. The molecule has 0 radical (unpaired) electrons. The first-order valence-corrected chi connectivity index (χ1v) is 7.65. The van der Waals surface area contributed by atoms with Gasteiger partial charge in [-0.3, -0.25) is 9.78 Å². The number of pyridine rings is 1. The van der Waals surface area contributed by atoms with E-state index in [1.54, 1.807) is 6.20 Å². The maximum absolute atomic E-state index is 11.4. The first-order valence-electron chi connectivity index (χ1n) is 6.86. The highest BCUT2D eigenvalue weighted by atomic mass is 79.9. The summed E-state index contributed by atoms with van der Waals surface area (Å²) >= 11 is 3.49. The van der Waals surface area contributed by atoms with Gasteiger partial charge in [-0.2, -0.15) is 0 Å². The molecule has 0 unspecified atom stereocenters. The van der Waals surface area contributed by atoms with Crippen LogP contribution in [0.1, 0.15) is 26.2 Å². The number of rotatable bonds is 3. The van der Waals surface area contributed by atoms with Gasteiger partial charge in [0, 0.05) is 34.8 Å². The fourth-order valence-electron chi connectivity index (χ4n) is 2.75. The third kappa shape index (κ3) is 2.70. The van der Waals surface area contributed by atoms with E-state index in [4.69, 9.17) is 4.74 Å². The second kappa shape index (κ2) is 5.52. The Morgan fingerprint density at radius 2 is 2.30 bits per heavy atom. The highest BCUT2D eigenvalue weighted by Gasteiger charge is 2.28. The third-order valence-electron chi connectivity index (χ3n) is 3.91. The van der Waals surface area contributed by atoms with E-state index in [9.17, 15) is 4.79 Å². The van der Waals surface area contributed by atoms with Crippen molar-refractivity contribution in [3.8, 4) is 5.75 Å². The Morgan fingerprint density at radius 1 is 1.45 bits per heavy atom. The van der Waals surface area contributed by atoms with Gasteiger partial charge in [-0.25, -0.2) is 0 Å². The predicted molar refractivity (Wildman–Crippen MR) is 81.9 cm³/mol. The molecule has 1 fully saturated rings. The Balaban J connectivity index is 1.88.